The highest BCUT2D eigenvalue weighted by Crippen LogP contribution is 2.20. The Balaban J connectivity index is 2.41. The fraction of sp³-hybridized carbons (Fsp3) is 0.500. The largest absolute Gasteiger partial charge is 0.496 e. The number of carbonyl (C=O) groups excluding carboxylic acids is 1. The number of benzene rings is 1. The Kier molecular flexibility index (Phi) is 7.99. The van der Waals surface area contributed by atoms with E-state index < -0.39 is 5.97 Å². The monoisotopic (exact) mass is 309 g/mol. The molecule has 1 aromatic rings. The molecule has 0 aromatic heterocycles. The molecule has 1 amide bonds. The second-order valence-corrected chi connectivity index (χ2v) is 4.73. The molecular weight excluding hydrogens is 286 g/mol. The third-order valence-electron chi connectivity index (χ3n) is 3.15. The van der Waals surface area contributed by atoms with Crippen molar-refractivity contribution in [3.8, 4) is 5.75 Å². The Morgan fingerprint density at radius 3 is 2.73 bits per heavy atom. The molecule has 0 radical (unpaired) electrons. The van der Waals surface area contributed by atoms with Crippen LogP contribution in [0.5, 0.6) is 5.75 Å². The highest BCUT2D eigenvalue weighted by molar-refractivity contribution is 5.88. The molecule has 22 heavy (non-hydrogen) atoms. The molecule has 2 N–H and O–H groups in total. The molecule has 1 rings (SSSR count). The minimum Gasteiger partial charge on any atom is -0.496 e. The van der Waals surface area contributed by atoms with E-state index in [0.29, 0.717) is 44.8 Å². The Morgan fingerprint density at radius 2 is 2.09 bits per heavy atom. The van der Waals surface area contributed by atoms with Crippen molar-refractivity contribution in [2.75, 3.05) is 26.9 Å². The SMILES string of the molecule is CCOCCCC(=O)NCCc1ccc(C(=O)O)cc1OC. The van der Waals surface area contributed by atoms with Crippen molar-refractivity contribution in [3.63, 3.8) is 0 Å². The van der Waals surface area contributed by atoms with Crippen molar-refractivity contribution in [3.05, 3.63) is 29.3 Å². The molecule has 0 atom stereocenters. The van der Waals surface area contributed by atoms with E-state index in [1.807, 2.05) is 6.92 Å². The van der Waals surface area contributed by atoms with Gasteiger partial charge in [-0.05, 0) is 37.5 Å². The van der Waals surface area contributed by atoms with Gasteiger partial charge >= 0.3 is 5.97 Å². The number of ether oxygens (including phenoxy) is 2. The van der Waals surface area contributed by atoms with Gasteiger partial charge in [0.2, 0.25) is 5.91 Å². The number of hydrogen-bond donors (Lipinski definition) is 2. The van der Waals surface area contributed by atoms with Crippen molar-refractivity contribution in [2.24, 2.45) is 0 Å². The molecule has 0 aliphatic rings. The maximum absolute atomic E-state index is 11.6. The second-order valence-electron chi connectivity index (χ2n) is 4.73. The van der Waals surface area contributed by atoms with E-state index >= 15 is 0 Å². The second kappa shape index (κ2) is 9.78. The summed E-state index contributed by atoms with van der Waals surface area (Å²) in [5.74, 6) is -0.487. The predicted octanol–water partition coefficient (Wildman–Crippen LogP) is 1.87. The highest BCUT2D eigenvalue weighted by Gasteiger charge is 2.09. The lowest BCUT2D eigenvalue weighted by Gasteiger charge is -2.10. The summed E-state index contributed by atoms with van der Waals surface area (Å²) in [6.07, 6.45) is 1.73. The van der Waals surface area contributed by atoms with Gasteiger partial charge in [0.1, 0.15) is 5.75 Å². The average Bonchev–Trinajstić information content (AvgIpc) is 2.51. The maximum Gasteiger partial charge on any atom is 0.335 e. The number of carboxylic acids is 1. The number of methoxy groups -OCH3 is 1. The molecule has 0 bridgehead atoms. The summed E-state index contributed by atoms with van der Waals surface area (Å²) < 4.78 is 10.4. The van der Waals surface area contributed by atoms with E-state index in [9.17, 15) is 9.59 Å². The molecule has 6 heteroatoms. The van der Waals surface area contributed by atoms with E-state index in [2.05, 4.69) is 5.32 Å². The molecule has 0 unspecified atom stereocenters. The van der Waals surface area contributed by atoms with Gasteiger partial charge in [-0.3, -0.25) is 4.79 Å². The lowest BCUT2D eigenvalue weighted by atomic mass is 10.1. The third-order valence-corrected chi connectivity index (χ3v) is 3.15. The smallest absolute Gasteiger partial charge is 0.335 e. The fourth-order valence-corrected chi connectivity index (χ4v) is 1.99. The van der Waals surface area contributed by atoms with Crippen LogP contribution in [0.25, 0.3) is 0 Å². The molecule has 122 valence electrons. The lowest BCUT2D eigenvalue weighted by Crippen LogP contribution is -2.25. The lowest BCUT2D eigenvalue weighted by molar-refractivity contribution is -0.121. The Bertz CT molecular complexity index is 501. The number of nitrogens with one attached hydrogen (secondary N) is 1. The molecule has 0 heterocycles. The van der Waals surface area contributed by atoms with Gasteiger partial charge in [0.25, 0.3) is 0 Å². The number of amides is 1. The summed E-state index contributed by atoms with van der Waals surface area (Å²) in [5, 5.41) is 11.8. The van der Waals surface area contributed by atoms with Crippen LogP contribution in [-0.2, 0) is 16.0 Å². The number of carbonyl (C=O) groups is 2. The molecule has 1 aromatic carbocycles. The van der Waals surface area contributed by atoms with Gasteiger partial charge in [0, 0.05) is 26.2 Å². The zero-order valence-electron chi connectivity index (χ0n) is 13.1. The van der Waals surface area contributed by atoms with Crippen LogP contribution in [0.3, 0.4) is 0 Å². The molecular formula is C16H23NO5. The Hall–Kier alpha value is -2.08. The van der Waals surface area contributed by atoms with E-state index in [1.54, 1.807) is 6.07 Å². The van der Waals surface area contributed by atoms with Gasteiger partial charge in [-0.25, -0.2) is 4.79 Å². The van der Waals surface area contributed by atoms with Crippen LogP contribution in [-0.4, -0.2) is 43.9 Å². The van der Waals surface area contributed by atoms with Crippen molar-refractivity contribution in [1.82, 2.24) is 5.32 Å². The molecule has 0 aliphatic heterocycles. The maximum atomic E-state index is 11.6. The van der Waals surface area contributed by atoms with Crippen LogP contribution in [0.4, 0.5) is 0 Å². The number of hydrogen-bond acceptors (Lipinski definition) is 4. The minimum atomic E-state index is -0.993. The van der Waals surface area contributed by atoms with Crippen LogP contribution >= 0.6 is 0 Å². The van der Waals surface area contributed by atoms with Gasteiger partial charge in [-0.1, -0.05) is 6.07 Å². The van der Waals surface area contributed by atoms with Crippen LogP contribution in [0.15, 0.2) is 18.2 Å². The fourth-order valence-electron chi connectivity index (χ4n) is 1.99. The molecule has 0 spiro atoms. The van der Waals surface area contributed by atoms with E-state index in [1.165, 1.54) is 19.2 Å². The van der Waals surface area contributed by atoms with Crippen LogP contribution in [0.2, 0.25) is 0 Å². The average molecular weight is 309 g/mol. The molecule has 6 nitrogen and oxygen atoms in total. The first-order chi connectivity index (χ1) is 10.6. The summed E-state index contributed by atoms with van der Waals surface area (Å²) in [4.78, 5) is 22.5. The van der Waals surface area contributed by atoms with Crippen molar-refractivity contribution in [1.29, 1.82) is 0 Å². The Morgan fingerprint density at radius 1 is 1.32 bits per heavy atom. The molecule has 0 fully saturated rings. The topological polar surface area (TPSA) is 84.9 Å². The van der Waals surface area contributed by atoms with E-state index in [-0.39, 0.29) is 11.5 Å². The standard InChI is InChI=1S/C16H23NO5/c1-3-22-10-4-5-15(18)17-9-8-12-6-7-13(16(19)20)11-14(12)21-2/h6-7,11H,3-5,8-10H2,1-2H3,(H,17,18)(H,19,20). The van der Waals surface area contributed by atoms with E-state index in [4.69, 9.17) is 14.6 Å². The molecule has 0 saturated carbocycles. The summed E-state index contributed by atoms with van der Waals surface area (Å²) in [6.45, 7) is 3.65. The first kappa shape index (κ1) is 18.0. The van der Waals surface area contributed by atoms with Gasteiger partial charge in [0.15, 0.2) is 0 Å². The summed E-state index contributed by atoms with van der Waals surface area (Å²) in [7, 11) is 1.50. The molecule has 0 saturated heterocycles. The van der Waals surface area contributed by atoms with Crippen molar-refractivity contribution < 1.29 is 24.2 Å². The number of aromatic carboxylic acids is 1. The zero-order chi connectivity index (χ0) is 16.4. The van der Waals surface area contributed by atoms with Crippen molar-refractivity contribution >= 4 is 11.9 Å². The highest BCUT2D eigenvalue weighted by atomic mass is 16.5. The minimum absolute atomic E-state index is 0.0131. The summed E-state index contributed by atoms with van der Waals surface area (Å²) >= 11 is 0. The van der Waals surface area contributed by atoms with Gasteiger partial charge in [0.05, 0.1) is 12.7 Å². The summed E-state index contributed by atoms with van der Waals surface area (Å²) in [5.41, 5.74) is 1.04. The number of rotatable bonds is 10. The Labute approximate surface area is 130 Å². The van der Waals surface area contributed by atoms with E-state index in [0.717, 1.165) is 5.56 Å². The van der Waals surface area contributed by atoms with Crippen LogP contribution < -0.4 is 10.1 Å². The van der Waals surface area contributed by atoms with Gasteiger partial charge < -0.3 is 19.9 Å². The zero-order valence-corrected chi connectivity index (χ0v) is 13.1. The quantitative estimate of drug-likeness (QED) is 0.645. The first-order valence-corrected chi connectivity index (χ1v) is 7.33. The summed E-state index contributed by atoms with van der Waals surface area (Å²) in [6, 6.07) is 4.73. The van der Waals surface area contributed by atoms with Crippen molar-refractivity contribution in [2.45, 2.75) is 26.2 Å². The van der Waals surface area contributed by atoms with Gasteiger partial charge in [-0.2, -0.15) is 0 Å². The normalized spacial score (nSPS) is 10.3. The number of carboxylic acid groups (broad SMARTS) is 1. The third kappa shape index (κ3) is 6.13. The van der Waals surface area contributed by atoms with Crippen LogP contribution in [0, 0.1) is 0 Å². The molecule has 0 aliphatic carbocycles. The van der Waals surface area contributed by atoms with Crippen LogP contribution in [0.1, 0.15) is 35.7 Å². The first-order valence-electron chi connectivity index (χ1n) is 7.33. The predicted molar refractivity (Wildman–Crippen MR) is 82.4 cm³/mol. The van der Waals surface area contributed by atoms with Gasteiger partial charge in [-0.15, -0.1) is 0 Å².